The van der Waals surface area contributed by atoms with Gasteiger partial charge < -0.3 is 9.84 Å². The summed E-state index contributed by atoms with van der Waals surface area (Å²) in [5.41, 5.74) is -1.21. The van der Waals surface area contributed by atoms with Gasteiger partial charge in [0.15, 0.2) is 5.60 Å². The Bertz CT molecular complexity index is 396. The predicted molar refractivity (Wildman–Crippen MR) is 69.7 cm³/mol. The molecule has 0 spiro atoms. The van der Waals surface area contributed by atoms with Gasteiger partial charge in [0.05, 0.1) is 0 Å². The van der Waals surface area contributed by atoms with Crippen LogP contribution in [0.25, 0.3) is 0 Å². The molecule has 0 aliphatic carbocycles. The third-order valence-electron chi connectivity index (χ3n) is 2.08. The number of carbonyl (C=O) groups is 1. The quantitative estimate of drug-likeness (QED) is 0.624. The topological polar surface area (TPSA) is 46.5 Å². The summed E-state index contributed by atoms with van der Waals surface area (Å²) < 4.78 is 5.39. The summed E-state index contributed by atoms with van der Waals surface area (Å²) in [6, 6.07) is 7.36. The molecule has 1 rings (SSSR count). The molecule has 4 heteroatoms. The molecule has 17 heavy (non-hydrogen) atoms. The fraction of sp³-hybridized carbons (Fsp3) is 0.308. The maximum absolute atomic E-state index is 10.9. The summed E-state index contributed by atoms with van der Waals surface area (Å²) >= 11 is 1.66. The lowest BCUT2D eigenvalue weighted by Gasteiger charge is -2.21. The van der Waals surface area contributed by atoms with Gasteiger partial charge in [-0.3, -0.25) is 0 Å². The molecule has 3 nitrogen and oxygen atoms in total. The average Bonchev–Trinajstić information content (AvgIpc) is 2.27. The number of carboxylic acids is 1. The third kappa shape index (κ3) is 4.15. The van der Waals surface area contributed by atoms with Gasteiger partial charge in [0, 0.05) is 10.6 Å². The number of aliphatic carboxylic acids is 1. The van der Waals surface area contributed by atoms with Crippen molar-refractivity contribution in [1.82, 2.24) is 0 Å². The lowest BCUT2D eigenvalue weighted by atomic mass is 10.1. The molecule has 0 fully saturated rings. The largest absolute Gasteiger partial charge is 0.478 e. The van der Waals surface area contributed by atoms with Crippen molar-refractivity contribution in [2.24, 2.45) is 0 Å². The van der Waals surface area contributed by atoms with E-state index in [0.717, 1.165) is 10.6 Å². The predicted octanol–water partition coefficient (Wildman–Crippen LogP) is 3.21. The van der Waals surface area contributed by atoms with Crippen molar-refractivity contribution in [1.29, 1.82) is 0 Å². The van der Waals surface area contributed by atoms with Gasteiger partial charge in [-0.25, -0.2) is 4.79 Å². The first-order chi connectivity index (χ1) is 7.95. The van der Waals surface area contributed by atoms with Crippen molar-refractivity contribution in [2.45, 2.75) is 24.3 Å². The van der Waals surface area contributed by atoms with Gasteiger partial charge >= 0.3 is 5.97 Å². The van der Waals surface area contributed by atoms with E-state index in [1.54, 1.807) is 23.9 Å². The van der Waals surface area contributed by atoms with E-state index in [9.17, 15) is 4.79 Å². The molecule has 0 saturated carbocycles. The van der Waals surface area contributed by atoms with Gasteiger partial charge in [-0.15, -0.1) is 18.3 Å². The maximum Gasteiger partial charge on any atom is 0.347 e. The van der Waals surface area contributed by atoms with E-state index in [-0.39, 0.29) is 0 Å². The zero-order valence-electron chi connectivity index (χ0n) is 9.97. The van der Waals surface area contributed by atoms with Crippen molar-refractivity contribution in [3.8, 4) is 5.75 Å². The van der Waals surface area contributed by atoms with E-state index in [4.69, 9.17) is 9.84 Å². The summed E-state index contributed by atoms with van der Waals surface area (Å²) in [7, 11) is 0. The Balaban J connectivity index is 2.68. The van der Waals surface area contributed by atoms with Crippen molar-refractivity contribution in [3.63, 3.8) is 0 Å². The SMILES string of the molecule is C=CCSc1ccc(OC(C)(C)C(=O)O)cc1. The van der Waals surface area contributed by atoms with Crippen LogP contribution in [0, 0.1) is 0 Å². The second-order valence-electron chi connectivity index (χ2n) is 3.99. The number of benzene rings is 1. The van der Waals surface area contributed by atoms with Crippen molar-refractivity contribution < 1.29 is 14.6 Å². The zero-order valence-corrected chi connectivity index (χ0v) is 10.8. The van der Waals surface area contributed by atoms with E-state index in [1.807, 2.05) is 18.2 Å². The minimum absolute atomic E-state index is 0.556. The van der Waals surface area contributed by atoms with Gasteiger partial charge in [-0.05, 0) is 38.1 Å². The molecule has 1 N–H and O–H groups in total. The summed E-state index contributed by atoms with van der Waals surface area (Å²) in [6.45, 7) is 6.70. The lowest BCUT2D eigenvalue weighted by molar-refractivity contribution is -0.152. The monoisotopic (exact) mass is 252 g/mol. The second kappa shape index (κ2) is 5.77. The van der Waals surface area contributed by atoms with Gasteiger partial charge in [0.1, 0.15) is 5.75 Å². The van der Waals surface area contributed by atoms with Crippen LogP contribution in [-0.4, -0.2) is 22.4 Å². The highest BCUT2D eigenvalue weighted by Crippen LogP contribution is 2.24. The van der Waals surface area contributed by atoms with Crippen molar-refractivity contribution in [2.75, 3.05) is 5.75 Å². The number of rotatable bonds is 6. The number of carboxylic acid groups (broad SMARTS) is 1. The number of thioether (sulfide) groups is 1. The lowest BCUT2D eigenvalue weighted by Crippen LogP contribution is -2.37. The van der Waals surface area contributed by atoms with E-state index in [2.05, 4.69) is 6.58 Å². The van der Waals surface area contributed by atoms with Crippen molar-refractivity contribution >= 4 is 17.7 Å². The number of hydrogen-bond acceptors (Lipinski definition) is 3. The Morgan fingerprint density at radius 3 is 2.53 bits per heavy atom. The van der Waals surface area contributed by atoms with Crippen LogP contribution < -0.4 is 4.74 Å². The van der Waals surface area contributed by atoms with Gasteiger partial charge in [-0.2, -0.15) is 0 Å². The van der Waals surface area contributed by atoms with E-state index < -0.39 is 11.6 Å². The first kappa shape index (κ1) is 13.6. The Kier molecular flexibility index (Phi) is 4.63. The molecule has 0 atom stereocenters. The Hall–Kier alpha value is -1.42. The van der Waals surface area contributed by atoms with E-state index in [1.165, 1.54) is 13.8 Å². The standard InChI is InChI=1S/C13H16O3S/c1-4-9-17-11-7-5-10(6-8-11)16-13(2,3)12(14)15/h4-8H,1,9H2,2-3H3,(H,14,15). The molecule has 0 aromatic heterocycles. The van der Waals surface area contributed by atoms with Gasteiger partial charge in [0.25, 0.3) is 0 Å². The van der Waals surface area contributed by atoms with Crippen LogP contribution in [-0.2, 0) is 4.79 Å². The Morgan fingerprint density at radius 2 is 2.06 bits per heavy atom. The van der Waals surface area contributed by atoms with Crippen LogP contribution in [0.5, 0.6) is 5.75 Å². The fourth-order valence-corrected chi connectivity index (χ4v) is 1.74. The minimum atomic E-state index is -1.21. The molecule has 1 aromatic carbocycles. The second-order valence-corrected chi connectivity index (χ2v) is 5.08. The molecule has 0 aliphatic heterocycles. The average molecular weight is 252 g/mol. The van der Waals surface area contributed by atoms with Crippen LogP contribution >= 0.6 is 11.8 Å². The Morgan fingerprint density at radius 1 is 1.47 bits per heavy atom. The molecule has 0 radical (unpaired) electrons. The number of hydrogen-bond donors (Lipinski definition) is 1. The van der Waals surface area contributed by atoms with Crippen LogP contribution in [0.1, 0.15) is 13.8 Å². The summed E-state index contributed by atoms with van der Waals surface area (Å²) in [6.07, 6.45) is 1.84. The van der Waals surface area contributed by atoms with E-state index in [0.29, 0.717) is 5.75 Å². The minimum Gasteiger partial charge on any atom is -0.478 e. The molecular formula is C13H16O3S. The molecular weight excluding hydrogens is 236 g/mol. The number of ether oxygens (including phenoxy) is 1. The first-order valence-corrected chi connectivity index (χ1v) is 6.20. The van der Waals surface area contributed by atoms with Crippen LogP contribution in [0.3, 0.4) is 0 Å². The maximum atomic E-state index is 10.9. The molecule has 0 amide bonds. The summed E-state index contributed by atoms with van der Waals surface area (Å²) in [5.74, 6) is 0.420. The first-order valence-electron chi connectivity index (χ1n) is 5.22. The normalized spacial score (nSPS) is 10.9. The molecule has 0 unspecified atom stereocenters. The third-order valence-corrected chi connectivity index (χ3v) is 3.09. The molecule has 0 aliphatic rings. The van der Waals surface area contributed by atoms with Gasteiger partial charge in [0.2, 0.25) is 0 Å². The zero-order chi connectivity index (χ0) is 12.9. The fourth-order valence-electron chi connectivity index (χ4n) is 1.10. The molecule has 0 saturated heterocycles. The molecule has 0 heterocycles. The van der Waals surface area contributed by atoms with E-state index >= 15 is 0 Å². The van der Waals surface area contributed by atoms with Crippen molar-refractivity contribution in [3.05, 3.63) is 36.9 Å². The summed E-state index contributed by atoms with van der Waals surface area (Å²) in [5, 5.41) is 8.93. The summed E-state index contributed by atoms with van der Waals surface area (Å²) in [4.78, 5) is 12.0. The molecule has 0 bridgehead atoms. The highest BCUT2D eigenvalue weighted by atomic mass is 32.2. The van der Waals surface area contributed by atoms with Gasteiger partial charge in [-0.1, -0.05) is 6.08 Å². The molecule has 1 aromatic rings. The highest BCUT2D eigenvalue weighted by molar-refractivity contribution is 7.99. The van der Waals surface area contributed by atoms with Crippen LogP contribution in [0.15, 0.2) is 41.8 Å². The van der Waals surface area contributed by atoms with Crippen LogP contribution in [0.4, 0.5) is 0 Å². The van der Waals surface area contributed by atoms with Crippen LogP contribution in [0.2, 0.25) is 0 Å². The smallest absolute Gasteiger partial charge is 0.347 e. The Labute approximate surface area is 105 Å². The highest BCUT2D eigenvalue weighted by Gasteiger charge is 2.29. The molecule has 92 valence electrons.